The summed E-state index contributed by atoms with van der Waals surface area (Å²) in [6.07, 6.45) is -0.440. The molecule has 3 aromatic rings. The molecule has 0 aliphatic carbocycles. The largest absolute Gasteiger partial charge is 0.416 e. The number of pyridine rings is 1. The highest BCUT2D eigenvalue weighted by atomic mass is 19.4. The normalized spacial score (nSPS) is 12.0. The Hall–Kier alpha value is -2.50. The van der Waals surface area contributed by atoms with Gasteiger partial charge in [-0.05, 0) is 23.8 Å². The Morgan fingerprint density at radius 2 is 1.95 bits per heavy atom. The Kier molecular flexibility index (Phi) is 3.08. The first-order chi connectivity index (χ1) is 9.93. The van der Waals surface area contributed by atoms with Crippen molar-refractivity contribution in [1.82, 2.24) is 9.38 Å². The number of nitrogens with zero attached hydrogens (tertiary/aromatic N) is 2. The van der Waals surface area contributed by atoms with Crippen LogP contribution in [-0.4, -0.2) is 9.38 Å². The number of hydrogen-bond acceptors (Lipinski definition) is 2. The molecule has 0 radical (unpaired) electrons. The summed E-state index contributed by atoms with van der Waals surface area (Å²) >= 11 is 0. The quantitative estimate of drug-likeness (QED) is 0.785. The SMILES string of the molecule is Nc1cccn2cc(Cc3cccc(C(F)(F)F)c3)nc12. The van der Waals surface area contributed by atoms with E-state index in [0.717, 1.165) is 12.1 Å². The van der Waals surface area contributed by atoms with Gasteiger partial charge in [0.05, 0.1) is 16.9 Å². The van der Waals surface area contributed by atoms with E-state index in [2.05, 4.69) is 4.98 Å². The molecule has 0 atom stereocenters. The van der Waals surface area contributed by atoms with E-state index in [1.807, 2.05) is 0 Å². The van der Waals surface area contributed by atoms with Gasteiger partial charge in [-0.3, -0.25) is 0 Å². The summed E-state index contributed by atoms with van der Waals surface area (Å²) in [4.78, 5) is 4.36. The summed E-state index contributed by atoms with van der Waals surface area (Å²) in [5.41, 5.74) is 7.54. The molecule has 0 saturated heterocycles. The molecule has 0 unspecified atom stereocenters. The van der Waals surface area contributed by atoms with Gasteiger partial charge in [-0.2, -0.15) is 13.2 Å². The maximum absolute atomic E-state index is 12.7. The summed E-state index contributed by atoms with van der Waals surface area (Å²) in [7, 11) is 0. The number of fused-ring (bicyclic) bond motifs is 1. The van der Waals surface area contributed by atoms with Crippen LogP contribution in [-0.2, 0) is 12.6 Å². The van der Waals surface area contributed by atoms with Crippen molar-refractivity contribution in [2.75, 3.05) is 5.73 Å². The zero-order valence-corrected chi connectivity index (χ0v) is 10.9. The predicted molar refractivity (Wildman–Crippen MR) is 73.9 cm³/mol. The summed E-state index contributed by atoms with van der Waals surface area (Å²) in [6, 6.07) is 8.79. The summed E-state index contributed by atoms with van der Waals surface area (Å²) in [5, 5.41) is 0. The van der Waals surface area contributed by atoms with Crippen molar-refractivity contribution in [3.63, 3.8) is 0 Å². The van der Waals surface area contributed by atoms with Crippen LogP contribution in [0.3, 0.4) is 0 Å². The molecule has 0 spiro atoms. The molecule has 2 aromatic heterocycles. The predicted octanol–water partition coefficient (Wildman–Crippen LogP) is 3.53. The molecular weight excluding hydrogens is 279 g/mol. The third-order valence-electron chi connectivity index (χ3n) is 3.20. The first-order valence-corrected chi connectivity index (χ1v) is 6.32. The molecule has 21 heavy (non-hydrogen) atoms. The van der Waals surface area contributed by atoms with E-state index in [0.29, 0.717) is 29.0 Å². The Morgan fingerprint density at radius 3 is 2.67 bits per heavy atom. The van der Waals surface area contributed by atoms with Crippen LogP contribution in [0.2, 0.25) is 0 Å². The minimum atomic E-state index is -4.33. The molecule has 2 N–H and O–H groups in total. The Morgan fingerprint density at radius 1 is 1.14 bits per heavy atom. The van der Waals surface area contributed by atoms with Crippen LogP contribution in [0.1, 0.15) is 16.8 Å². The summed E-state index contributed by atoms with van der Waals surface area (Å²) in [5.74, 6) is 0. The molecule has 6 heteroatoms. The monoisotopic (exact) mass is 291 g/mol. The Bertz CT molecular complexity index is 790. The molecule has 3 nitrogen and oxygen atoms in total. The number of alkyl halides is 3. The molecule has 0 saturated carbocycles. The van der Waals surface area contributed by atoms with Crippen molar-refractivity contribution in [2.45, 2.75) is 12.6 Å². The molecular formula is C15H12F3N3. The van der Waals surface area contributed by atoms with Crippen molar-refractivity contribution in [3.8, 4) is 0 Å². The summed E-state index contributed by atoms with van der Waals surface area (Å²) < 4.78 is 39.8. The van der Waals surface area contributed by atoms with Crippen molar-refractivity contribution >= 4 is 11.3 Å². The fraction of sp³-hybridized carbons (Fsp3) is 0.133. The summed E-state index contributed by atoms with van der Waals surface area (Å²) in [6.45, 7) is 0. The number of nitrogens with two attached hydrogens (primary N) is 1. The highest BCUT2D eigenvalue weighted by molar-refractivity contribution is 5.64. The Balaban J connectivity index is 1.93. The number of rotatable bonds is 2. The molecule has 0 aliphatic rings. The topological polar surface area (TPSA) is 43.3 Å². The minimum absolute atomic E-state index is 0.324. The van der Waals surface area contributed by atoms with E-state index in [9.17, 15) is 13.2 Å². The van der Waals surface area contributed by atoms with Crippen molar-refractivity contribution in [2.24, 2.45) is 0 Å². The molecule has 2 heterocycles. The van der Waals surface area contributed by atoms with Gasteiger partial charge < -0.3 is 10.1 Å². The van der Waals surface area contributed by atoms with Crippen LogP contribution in [0.25, 0.3) is 5.65 Å². The smallest absolute Gasteiger partial charge is 0.396 e. The van der Waals surface area contributed by atoms with Gasteiger partial charge in [0.25, 0.3) is 0 Å². The van der Waals surface area contributed by atoms with Gasteiger partial charge in [0.15, 0.2) is 5.65 Å². The average Bonchev–Trinajstić information content (AvgIpc) is 2.82. The van der Waals surface area contributed by atoms with Crippen LogP contribution >= 0.6 is 0 Å². The van der Waals surface area contributed by atoms with Gasteiger partial charge in [0.2, 0.25) is 0 Å². The van der Waals surface area contributed by atoms with Crippen molar-refractivity contribution in [3.05, 3.63) is 65.6 Å². The standard InChI is InChI=1S/C15H12F3N3/c16-15(17,18)11-4-1-3-10(7-11)8-12-9-21-6-2-5-13(19)14(21)20-12/h1-7,9H,8,19H2. The molecule has 3 rings (SSSR count). The Labute approximate surface area is 118 Å². The number of nitrogen functional groups attached to an aromatic ring is 1. The fourth-order valence-electron chi connectivity index (χ4n) is 2.24. The van der Waals surface area contributed by atoms with Crippen LogP contribution in [0.5, 0.6) is 0 Å². The molecule has 1 aromatic carbocycles. The van der Waals surface area contributed by atoms with E-state index in [4.69, 9.17) is 5.73 Å². The third-order valence-corrected chi connectivity index (χ3v) is 3.20. The molecule has 0 fully saturated rings. The van der Waals surface area contributed by atoms with Gasteiger partial charge in [0, 0.05) is 18.8 Å². The third kappa shape index (κ3) is 2.69. The van der Waals surface area contributed by atoms with Crippen LogP contribution in [0.15, 0.2) is 48.8 Å². The number of halogens is 3. The van der Waals surface area contributed by atoms with Gasteiger partial charge >= 0.3 is 6.18 Å². The number of benzene rings is 1. The molecule has 0 amide bonds. The lowest BCUT2D eigenvalue weighted by Gasteiger charge is -2.07. The van der Waals surface area contributed by atoms with E-state index >= 15 is 0 Å². The van der Waals surface area contributed by atoms with Crippen LogP contribution < -0.4 is 5.73 Å². The minimum Gasteiger partial charge on any atom is -0.396 e. The van der Waals surface area contributed by atoms with Gasteiger partial charge in [-0.15, -0.1) is 0 Å². The number of aromatic nitrogens is 2. The zero-order chi connectivity index (χ0) is 15.0. The maximum atomic E-state index is 12.7. The lowest BCUT2D eigenvalue weighted by molar-refractivity contribution is -0.137. The van der Waals surface area contributed by atoms with Crippen LogP contribution in [0, 0.1) is 0 Å². The van der Waals surface area contributed by atoms with E-state index in [-0.39, 0.29) is 0 Å². The zero-order valence-electron chi connectivity index (χ0n) is 10.9. The second-order valence-corrected chi connectivity index (χ2v) is 4.80. The molecule has 108 valence electrons. The average molecular weight is 291 g/mol. The maximum Gasteiger partial charge on any atom is 0.416 e. The number of anilines is 1. The number of hydrogen-bond donors (Lipinski definition) is 1. The highest BCUT2D eigenvalue weighted by Gasteiger charge is 2.30. The lowest BCUT2D eigenvalue weighted by Crippen LogP contribution is -2.05. The lowest BCUT2D eigenvalue weighted by atomic mass is 10.1. The first kappa shape index (κ1) is 13.5. The van der Waals surface area contributed by atoms with E-state index in [1.54, 1.807) is 35.0 Å². The fourth-order valence-corrected chi connectivity index (χ4v) is 2.24. The highest BCUT2D eigenvalue weighted by Crippen LogP contribution is 2.30. The van der Waals surface area contributed by atoms with E-state index in [1.165, 1.54) is 6.07 Å². The van der Waals surface area contributed by atoms with Crippen molar-refractivity contribution < 1.29 is 13.2 Å². The number of imidazole rings is 1. The molecule has 0 bridgehead atoms. The van der Waals surface area contributed by atoms with Gasteiger partial charge in [-0.25, -0.2) is 4.98 Å². The second-order valence-electron chi connectivity index (χ2n) is 4.80. The van der Waals surface area contributed by atoms with E-state index < -0.39 is 11.7 Å². The van der Waals surface area contributed by atoms with Gasteiger partial charge in [0.1, 0.15) is 0 Å². The second kappa shape index (κ2) is 4.80. The van der Waals surface area contributed by atoms with Gasteiger partial charge in [-0.1, -0.05) is 18.2 Å². The first-order valence-electron chi connectivity index (χ1n) is 6.32. The van der Waals surface area contributed by atoms with Crippen LogP contribution in [0.4, 0.5) is 18.9 Å². The molecule has 0 aliphatic heterocycles. The van der Waals surface area contributed by atoms with Crippen molar-refractivity contribution in [1.29, 1.82) is 0 Å².